The molecule has 2 aromatic rings. The van der Waals surface area contributed by atoms with Gasteiger partial charge in [0.15, 0.2) is 6.10 Å². The molecule has 0 saturated heterocycles. The summed E-state index contributed by atoms with van der Waals surface area (Å²) in [4.78, 5) is 12.7. The van der Waals surface area contributed by atoms with Crippen molar-refractivity contribution >= 4 is 23.5 Å². The largest absolute Gasteiger partial charge is 0.481 e. The highest BCUT2D eigenvalue weighted by molar-refractivity contribution is 7.11. The van der Waals surface area contributed by atoms with Gasteiger partial charge >= 0.3 is 0 Å². The van der Waals surface area contributed by atoms with Gasteiger partial charge in [-0.2, -0.15) is 5.10 Å². The first-order chi connectivity index (χ1) is 9.25. The number of hydrazone groups is 1. The Labute approximate surface area is 115 Å². The van der Waals surface area contributed by atoms with Gasteiger partial charge in [0.25, 0.3) is 5.91 Å². The van der Waals surface area contributed by atoms with E-state index in [9.17, 15) is 4.79 Å². The quantitative estimate of drug-likeness (QED) is 0.673. The van der Waals surface area contributed by atoms with E-state index in [0.29, 0.717) is 5.75 Å². The van der Waals surface area contributed by atoms with Crippen LogP contribution in [-0.4, -0.2) is 18.2 Å². The predicted molar refractivity (Wildman–Crippen MR) is 76.6 cm³/mol. The van der Waals surface area contributed by atoms with Crippen LogP contribution < -0.4 is 10.2 Å². The highest BCUT2D eigenvalue weighted by Gasteiger charge is 2.13. The second-order valence-electron chi connectivity index (χ2n) is 3.82. The van der Waals surface area contributed by atoms with Crippen molar-refractivity contribution in [2.45, 2.75) is 13.0 Å². The summed E-state index contributed by atoms with van der Waals surface area (Å²) in [5, 5.41) is 5.83. The number of carbonyl (C=O) groups is 1. The summed E-state index contributed by atoms with van der Waals surface area (Å²) in [5.41, 5.74) is 2.45. The lowest BCUT2D eigenvalue weighted by molar-refractivity contribution is -0.127. The molecule has 0 unspecified atom stereocenters. The molecule has 1 atom stereocenters. The summed E-state index contributed by atoms with van der Waals surface area (Å²) in [5.74, 6) is 0.379. The summed E-state index contributed by atoms with van der Waals surface area (Å²) >= 11 is 1.55. The number of amides is 1. The number of benzene rings is 1. The fourth-order valence-electron chi connectivity index (χ4n) is 1.37. The average Bonchev–Trinajstić information content (AvgIpc) is 2.93. The van der Waals surface area contributed by atoms with Crippen molar-refractivity contribution in [3.8, 4) is 5.75 Å². The monoisotopic (exact) mass is 274 g/mol. The lowest BCUT2D eigenvalue weighted by Gasteiger charge is -2.12. The number of nitrogens with one attached hydrogen (secondary N) is 1. The molecular weight excluding hydrogens is 260 g/mol. The minimum atomic E-state index is -0.595. The van der Waals surface area contributed by atoms with Gasteiger partial charge in [0.2, 0.25) is 0 Å². The van der Waals surface area contributed by atoms with Crippen LogP contribution in [-0.2, 0) is 4.79 Å². The van der Waals surface area contributed by atoms with Crippen LogP contribution in [0.25, 0.3) is 0 Å². The third-order valence-electron chi connectivity index (χ3n) is 2.34. The van der Waals surface area contributed by atoms with Gasteiger partial charge in [-0.1, -0.05) is 24.3 Å². The lowest BCUT2D eigenvalue weighted by atomic mass is 10.3. The summed E-state index contributed by atoms with van der Waals surface area (Å²) in [6.45, 7) is 1.68. The molecular formula is C14H14N2O2S. The molecule has 1 N–H and O–H groups in total. The van der Waals surface area contributed by atoms with Crippen molar-refractivity contribution in [1.82, 2.24) is 5.43 Å². The molecule has 0 spiro atoms. The van der Waals surface area contributed by atoms with Crippen molar-refractivity contribution in [3.05, 3.63) is 52.7 Å². The van der Waals surface area contributed by atoms with E-state index in [0.717, 1.165) is 4.88 Å². The van der Waals surface area contributed by atoms with E-state index in [4.69, 9.17) is 4.74 Å². The smallest absolute Gasteiger partial charge is 0.280 e. The fraction of sp³-hybridized carbons (Fsp3) is 0.143. The molecule has 1 heterocycles. The average molecular weight is 274 g/mol. The Morgan fingerprint density at radius 1 is 1.32 bits per heavy atom. The molecule has 19 heavy (non-hydrogen) atoms. The molecule has 0 aliphatic rings. The molecule has 0 aliphatic carbocycles. The molecule has 0 fully saturated rings. The Bertz CT molecular complexity index is 538. The van der Waals surface area contributed by atoms with Crippen LogP contribution in [0.1, 0.15) is 11.8 Å². The number of nitrogens with zero attached hydrogens (tertiary/aromatic N) is 1. The number of hydrogen-bond donors (Lipinski definition) is 1. The summed E-state index contributed by atoms with van der Waals surface area (Å²) in [6.07, 6.45) is 1.01. The minimum Gasteiger partial charge on any atom is -0.481 e. The highest BCUT2D eigenvalue weighted by atomic mass is 32.1. The first-order valence-corrected chi connectivity index (χ1v) is 6.72. The van der Waals surface area contributed by atoms with E-state index in [2.05, 4.69) is 10.5 Å². The molecule has 5 heteroatoms. The van der Waals surface area contributed by atoms with E-state index in [1.807, 2.05) is 35.7 Å². The standard InChI is InChI=1S/C14H14N2O2S/c1-11(18-12-6-3-2-4-7-12)14(17)16-15-10-13-8-5-9-19-13/h2-11H,1H3,(H,16,17)/b15-10+/t11-/m0/s1. The van der Waals surface area contributed by atoms with E-state index >= 15 is 0 Å². The van der Waals surface area contributed by atoms with Crippen molar-refractivity contribution in [3.63, 3.8) is 0 Å². The third-order valence-corrected chi connectivity index (χ3v) is 3.14. The van der Waals surface area contributed by atoms with Gasteiger partial charge in [-0.05, 0) is 30.5 Å². The zero-order chi connectivity index (χ0) is 13.5. The zero-order valence-corrected chi connectivity index (χ0v) is 11.3. The summed E-state index contributed by atoms with van der Waals surface area (Å²) in [6, 6.07) is 13.1. The number of thiophene rings is 1. The van der Waals surface area contributed by atoms with Crippen molar-refractivity contribution in [2.24, 2.45) is 5.10 Å². The van der Waals surface area contributed by atoms with E-state index in [1.165, 1.54) is 0 Å². The normalized spacial score (nSPS) is 12.3. The maximum atomic E-state index is 11.7. The number of rotatable bonds is 5. The molecule has 0 radical (unpaired) electrons. The second-order valence-corrected chi connectivity index (χ2v) is 4.80. The molecule has 98 valence electrons. The maximum Gasteiger partial charge on any atom is 0.280 e. The van der Waals surface area contributed by atoms with Gasteiger partial charge in [0.1, 0.15) is 5.75 Å². The maximum absolute atomic E-state index is 11.7. The Balaban J connectivity index is 1.83. The summed E-state index contributed by atoms with van der Waals surface area (Å²) in [7, 11) is 0. The van der Waals surface area contributed by atoms with Gasteiger partial charge in [0, 0.05) is 4.88 Å². The van der Waals surface area contributed by atoms with Gasteiger partial charge < -0.3 is 4.74 Å². The van der Waals surface area contributed by atoms with Gasteiger partial charge in [-0.15, -0.1) is 11.3 Å². The molecule has 4 nitrogen and oxygen atoms in total. The zero-order valence-electron chi connectivity index (χ0n) is 10.4. The summed E-state index contributed by atoms with van der Waals surface area (Å²) < 4.78 is 5.48. The van der Waals surface area contributed by atoms with E-state index < -0.39 is 6.10 Å². The van der Waals surface area contributed by atoms with Crippen LogP contribution in [0.2, 0.25) is 0 Å². The van der Waals surface area contributed by atoms with Crippen LogP contribution in [0.15, 0.2) is 52.9 Å². The van der Waals surface area contributed by atoms with Crippen molar-refractivity contribution < 1.29 is 9.53 Å². The molecule has 0 bridgehead atoms. The third kappa shape index (κ3) is 4.22. The van der Waals surface area contributed by atoms with Crippen LogP contribution >= 0.6 is 11.3 Å². The second kappa shape index (κ2) is 6.70. The number of hydrogen-bond acceptors (Lipinski definition) is 4. The highest BCUT2D eigenvalue weighted by Crippen LogP contribution is 2.10. The molecule has 0 saturated carbocycles. The predicted octanol–water partition coefficient (Wildman–Crippen LogP) is 2.67. The number of carbonyl (C=O) groups excluding carboxylic acids is 1. The molecule has 1 aromatic carbocycles. The van der Waals surface area contributed by atoms with Gasteiger partial charge in [-0.3, -0.25) is 4.79 Å². The lowest BCUT2D eigenvalue weighted by Crippen LogP contribution is -2.33. The van der Waals surface area contributed by atoms with Crippen LogP contribution in [0, 0.1) is 0 Å². The Kier molecular flexibility index (Phi) is 4.69. The topological polar surface area (TPSA) is 50.7 Å². The van der Waals surface area contributed by atoms with Crippen molar-refractivity contribution in [2.75, 3.05) is 0 Å². The van der Waals surface area contributed by atoms with Crippen LogP contribution in [0.5, 0.6) is 5.75 Å². The number of para-hydroxylation sites is 1. The molecule has 0 aliphatic heterocycles. The van der Waals surface area contributed by atoms with Crippen LogP contribution in [0.4, 0.5) is 0 Å². The molecule has 1 amide bonds. The molecule has 2 rings (SSSR count). The van der Waals surface area contributed by atoms with Crippen LogP contribution in [0.3, 0.4) is 0 Å². The Morgan fingerprint density at radius 3 is 2.79 bits per heavy atom. The minimum absolute atomic E-state index is 0.281. The van der Waals surface area contributed by atoms with E-state index in [-0.39, 0.29) is 5.91 Å². The first kappa shape index (κ1) is 13.3. The molecule has 1 aromatic heterocycles. The first-order valence-electron chi connectivity index (χ1n) is 5.84. The Hall–Kier alpha value is -2.14. The fourth-order valence-corrected chi connectivity index (χ4v) is 1.96. The van der Waals surface area contributed by atoms with Crippen molar-refractivity contribution in [1.29, 1.82) is 0 Å². The van der Waals surface area contributed by atoms with Gasteiger partial charge in [-0.25, -0.2) is 5.43 Å². The van der Waals surface area contributed by atoms with E-state index in [1.54, 1.807) is 36.6 Å². The number of ether oxygens (including phenoxy) is 1. The van der Waals surface area contributed by atoms with Gasteiger partial charge in [0.05, 0.1) is 6.21 Å². The Morgan fingerprint density at radius 2 is 2.11 bits per heavy atom. The SMILES string of the molecule is C[C@H](Oc1ccccc1)C(=O)N/N=C/c1cccs1.